The van der Waals surface area contributed by atoms with Crippen LogP contribution < -0.4 is 4.90 Å². The molecule has 1 N–H and O–H groups in total. The van der Waals surface area contributed by atoms with E-state index in [0.29, 0.717) is 24.8 Å². The molecule has 5 heteroatoms. The van der Waals surface area contributed by atoms with E-state index in [9.17, 15) is 14.7 Å². The quantitative estimate of drug-likeness (QED) is 0.814. The monoisotopic (exact) mass is 383 g/mol. The molecule has 1 amide bonds. The number of ether oxygens (including phenoxy) is 1. The normalized spacial score (nSPS) is 36.7. The van der Waals surface area contributed by atoms with Crippen LogP contribution in [0.4, 0.5) is 5.69 Å². The molecule has 0 saturated heterocycles. The van der Waals surface area contributed by atoms with Crippen molar-refractivity contribution in [1.82, 2.24) is 0 Å². The van der Waals surface area contributed by atoms with E-state index in [-0.39, 0.29) is 11.9 Å². The lowest BCUT2D eigenvalue weighted by molar-refractivity contribution is -0.199. The topological polar surface area (TPSA) is 66.8 Å². The summed E-state index contributed by atoms with van der Waals surface area (Å²) in [5, 5.41) is 10.9. The Kier molecular flexibility index (Phi) is 4.10. The fourth-order valence-electron chi connectivity index (χ4n) is 6.77. The summed E-state index contributed by atoms with van der Waals surface area (Å²) in [4.78, 5) is 28.0. The van der Waals surface area contributed by atoms with E-state index in [1.807, 2.05) is 18.2 Å². The number of nitrogens with zero attached hydrogens (tertiary/aromatic N) is 1. The van der Waals surface area contributed by atoms with E-state index in [0.717, 1.165) is 50.6 Å². The number of esters is 1. The molecule has 1 aromatic carbocycles. The van der Waals surface area contributed by atoms with Crippen molar-refractivity contribution in [3.8, 4) is 0 Å². The highest BCUT2D eigenvalue weighted by Gasteiger charge is 2.61. The standard InChI is InChI=1S/C23H29NO4/c1-15(20(25)24-8-4-6-18-5-2-3-7-19(18)24)28-21(26)22-10-16-9-17(11-22)13-23(27,12-16)14-22/h2-3,5,7,15-17,27H,4,6,8-14H2,1H3/t15-,16-,17-,22?,23?/m1/s1. The van der Waals surface area contributed by atoms with E-state index in [1.54, 1.807) is 11.8 Å². The highest BCUT2D eigenvalue weighted by atomic mass is 16.5. The number of fused-ring (bicyclic) bond motifs is 1. The lowest BCUT2D eigenvalue weighted by Gasteiger charge is -2.58. The molecule has 0 radical (unpaired) electrons. The van der Waals surface area contributed by atoms with Gasteiger partial charge in [-0.3, -0.25) is 9.59 Å². The van der Waals surface area contributed by atoms with Gasteiger partial charge in [-0.15, -0.1) is 0 Å². The Labute approximate surface area is 166 Å². The zero-order valence-electron chi connectivity index (χ0n) is 16.5. The maximum absolute atomic E-state index is 13.2. The molecule has 0 unspecified atom stereocenters. The van der Waals surface area contributed by atoms with Gasteiger partial charge in [-0.1, -0.05) is 18.2 Å². The smallest absolute Gasteiger partial charge is 0.312 e. The Morgan fingerprint density at radius 3 is 2.61 bits per heavy atom. The predicted molar refractivity (Wildman–Crippen MR) is 105 cm³/mol. The second-order valence-electron chi connectivity index (χ2n) is 9.74. The average molecular weight is 383 g/mol. The average Bonchev–Trinajstić information content (AvgIpc) is 2.65. The summed E-state index contributed by atoms with van der Waals surface area (Å²) in [5.41, 5.74) is 0.810. The molecule has 4 saturated carbocycles. The molecule has 150 valence electrons. The summed E-state index contributed by atoms with van der Waals surface area (Å²) >= 11 is 0. The summed E-state index contributed by atoms with van der Waals surface area (Å²) in [5.74, 6) is 0.410. The Morgan fingerprint density at radius 1 is 1.18 bits per heavy atom. The number of amides is 1. The first-order valence-corrected chi connectivity index (χ1v) is 10.7. The van der Waals surface area contributed by atoms with Crippen LogP contribution in [0.25, 0.3) is 0 Å². The van der Waals surface area contributed by atoms with Gasteiger partial charge in [0.25, 0.3) is 5.91 Å². The Bertz CT molecular complexity index is 805. The molecule has 4 aliphatic carbocycles. The summed E-state index contributed by atoms with van der Waals surface area (Å²) in [6, 6.07) is 7.96. The molecule has 1 heterocycles. The van der Waals surface area contributed by atoms with E-state index in [4.69, 9.17) is 4.74 Å². The Balaban J connectivity index is 1.32. The second kappa shape index (κ2) is 6.31. The van der Waals surface area contributed by atoms with Gasteiger partial charge in [0.05, 0.1) is 11.0 Å². The molecule has 5 aliphatic rings. The molecule has 6 rings (SSSR count). The van der Waals surface area contributed by atoms with Crippen molar-refractivity contribution in [2.75, 3.05) is 11.4 Å². The van der Waals surface area contributed by atoms with Gasteiger partial charge in [-0.2, -0.15) is 0 Å². The van der Waals surface area contributed by atoms with Crippen LogP contribution in [0, 0.1) is 17.3 Å². The molecule has 28 heavy (non-hydrogen) atoms. The number of aliphatic hydroxyl groups is 1. The Morgan fingerprint density at radius 2 is 1.89 bits per heavy atom. The van der Waals surface area contributed by atoms with Gasteiger partial charge in [0.2, 0.25) is 0 Å². The highest BCUT2D eigenvalue weighted by Crippen LogP contribution is 2.62. The minimum atomic E-state index is -0.804. The molecule has 0 spiro atoms. The first-order valence-electron chi connectivity index (χ1n) is 10.7. The summed E-state index contributed by atoms with van der Waals surface area (Å²) < 4.78 is 5.77. The van der Waals surface area contributed by atoms with Crippen LogP contribution in [0.3, 0.4) is 0 Å². The maximum atomic E-state index is 13.2. The third-order valence-electron chi connectivity index (χ3n) is 7.47. The number of carbonyl (C=O) groups excluding carboxylic acids is 2. The van der Waals surface area contributed by atoms with Gasteiger partial charge in [0.15, 0.2) is 6.10 Å². The van der Waals surface area contributed by atoms with Crippen molar-refractivity contribution < 1.29 is 19.4 Å². The van der Waals surface area contributed by atoms with Crippen molar-refractivity contribution >= 4 is 17.6 Å². The van der Waals surface area contributed by atoms with Gasteiger partial charge < -0.3 is 14.7 Å². The minimum Gasteiger partial charge on any atom is -0.452 e. The molecular weight excluding hydrogens is 354 g/mol. The molecule has 4 bridgehead atoms. The number of anilines is 1. The summed E-state index contributed by atoms with van der Waals surface area (Å²) in [6.45, 7) is 2.35. The zero-order chi connectivity index (χ0) is 19.5. The fourth-order valence-corrected chi connectivity index (χ4v) is 6.77. The largest absolute Gasteiger partial charge is 0.452 e. The van der Waals surface area contributed by atoms with Gasteiger partial charge in [0.1, 0.15) is 0 Å². The lowest BCUT2D eigenvalue weighted by Crippen LogP contribution is -2.59. The van der Waals surface area contributed by atoms with Gasteiger partial charge in [-0.05, 0) is 81.8 Å². The first-order chi connectivity index (χ1) is 13.4. The number of para-hydroxylation sites is 1. The van der Waals surface area contributed by atoms with Crippen LogP contribution in [0.1, 0.15) is 57.4 Å². The fraction of sp³-hybridized carbons (Fsp3) is 0.652. The molecule has 3 atom stereocenters. The Hall–Kier alpha value is -1.88. The first kappa shape index (κ1) is 18.2. The van der Waals surface area contributed by atoms with Crippen LogP contribution in [0.5, 0.6) is 0 Å². The van der Waals surface area contributed by atoms with E-state index in [2.05, 4.69) is 6.07 Å². The number of aryl methyl sites for hydroxylation is 1. The lowest BCUT2D eigenvalue weighted by atomic mass is 9.48. The van der Waals surface area contributed by atoms with Crippen molar-refractivity contribution in [2.24, 2.45) is 17.3 Å². The van der Waals surface area contributed by atoms with Gasteiger partial charge in [0, 0.05) is 12.2 Å². The molecule has 0 aromatic heterocycles. The van der Waals surface area contributed by atoms with Crippen LogP contribution in [-0.2, 0) is 20.7 Å². The number of benzene rings is 1. The zero-order valence-corrected chi connectivity index (χ0v) is 16.5. The van der Waals surface area contributed by atoms with Crippen LogP contribution in [0.2, 0.25) is 0 Å². The maximum Gasteiger partial charge on any atom is 0.312 e. The molecule has 5 nitrogen and oxygen atoms in total. The van der Waals surface area contributed by atoms with Crippen molar-refractivity contribution in [3.05, 3.63) is 29.8 Å². The van der Waals surface area contributed by atoms with E-state index >= 15 is 0 Å². The van der Waals surface area contributed by atoms with Gasteiger partial charge in [-0.25, -0.2) is 0 Å². The van der Waals surface area contributed by atoms with Crippen LogP contribution in [-0.4, -0.2) is 35.2 Å². The van der Waals surface area contributed by atoms with Crippen LogP contribution >= 0.6 is 0 Å². The summed E-state index contributed by atoms with van der Waals surface area (Å²) in [7, 11) is 0. The molecule has 1 aliphatic heterocycles. The minimum absolute atomic E-state index is 0.149. The predicted octanol–water partition coefficient (Wildman–Crippen LogP) is 3.23. The van der Waals surface area contributed by atoms with Crippen molar-refractivity contribution in [2.45, 2.75) is 70.0 Å². The number of carbonyl (C=O) groups is 2. The van der Waals surface area contributed by atoms with E-state index in [1.165, 1.54) is 5.56 Å². The SMILES string of the molecule is C[C@@H](OC(=O)C12C[C@H]3C[C@@H](CC(O)(C3)C1)C2)C(=O)N1CCCc2ccccc21. The van der Waals surface area contributed by atoms with Gasteiger partial charge >= 0.3 is 5.97 Å². The summed E-state index contributed by atoms with van der Waals surface area (Å²) in [6.07, 6.45) is 5.95. The molecule has 4 fully saturated rings. The molecular formula is C23H29NO4. The van der Waals surface area contributed by atoms with Crippen molar-refractivity contribution in [1.29, 1.82) is 0 Å². The van der Waals surface area contributed by atoms with Crippen LogP contribution in [0.15, 0.2) is 24.3 Å². The number of hydrogen-bond donors (Lipinski definition) is 1. The molecule has 1 aromatic rings. The third-order valence-corrected chi connectivity index (χ3v) is 7.47. The van der Waals surface area contributed by atoms with Crippen molar-refractivity contribution in [3.63, 3.8) is 0 Å². The number of hydrogen-bond acceptors (Lipinski definition) is 4. The number of rotatable bonds is 3. The third kappa shape index (κ3) is 2.86. The second-order valence-corrected chi connectivity index (χ2v) is 9.74. The highest BCUT2D eigenvalue weighted by molar-refractivity contribution is 5.98. The van der Waals surface area contributed by atoms with E-state index < -0.39 is 17.1 Å².